The van der Waals surface area contributed by atoms with Gasteiger partial charge >= 0.3 is 6.09 Å². The smallest absolute Gasteiger partial charge is 0.410 e. The van der Waals surface area contributed by atoms with E-state index >= 15 is 0 Å². The van der Waals surface area contributed by atoms with E-state index in [1.54, 1.807) is 45.0 Å². The number of aliphatic hydroxyl groups is 1. The number of piperidine rings is 1. The molecule has 4 rings (SSSR count). The van der Waals surface area contributed by atoms with Gasteiger partial charge < -0.3 is 24.2 Å². The summed E-state index contributed by atoms with van der Waals surface area (Å²) in [7, 11) is 1.60. The van der Waals surface area contributed by atoms with Crippen LogP contribution in [-0.4, -0.2) is 83.9 Å². The van der Waals surface area contributed by atoms with Gasteiger partial charge in [-0.15, -0.1) is 0 Å². The third-order valence-corrected chi connectivity index (χ3v) is 9.67. The summed E-state index contributed by atoms with van der Waals surface area (Å²) < 4.78 is 17.2. The maximum atomic E-state index is 14.4. The molecule has 1 saturated heterocycles. The van der Waals surface area contributed by atoms with E-state index in [2.05, 4.69) is 32.7 Å². The third kappa shape index (κ3) is 8.59. The molecule has 0 bridgehead atoms. The molecule has 0 spiro atoms. The van der Waals surface area contributed by atoms with Crippen molar-refractivity contribution in [2.45, 2.75) is 118 Å². The van der Waals surface area contributed by atoms with Crippen molar-refractivity contribution in [2.75, 3.05) is 38.3 Å². The van der Waals surface area contributed by atoms with E-state index in [0.29, 0.717) is 43.0 Å². The fraction of sp³-hybridized carbons (Fsp3) is 0.778. The zero-order valence-electron chi connectivity index (χ0n) is 29.5. The molecule has 2 amide bonds. The first-order valence-electron chi connectivity index (χ1n) is 17.2. The summed E-state index contributed by atoms with van der Waals surface area (Å²) in [5.41, 5.74) is 0.279. The number of carbonyl (C=O) groups is 3. The molecule has 3 aliphatic rings. The van der Waals surface area contributed by atoms with Crippen LogP contribution in [0.15, 0.2) is 12.3 Å². The summed E-state index contributed by atoms with van der Waals surface area (Å²) >= 11 is 0. The van der Waals surface area contributed by atoms with Crippen LogP contribution in [0, 0.1) is 29.1 Å². The maximum absolute atomic E-state index is 14.4. The van der Waals surface area contributed by atoms with Gasteiger partial charge in [0, 0.05) is 50.0 Å². The van der Waals surface area contributed by atoms with E-state index in [0.717, 1.165) is 31.2 Å². The van der Waals surface area contributed by atoms with Crippen LogP contribution in [0.2, 0.25) is 0 Å². The normalized spacial score (nSPS) is 26.3. The number of ketones is 1. The Kier molecular flexibility index (Phi) is 11.5. The van der Waals surface area contributed by atoms with Gasteiger partial charge in [0.15, 0.2) is 0 Å². The number of Topliss-reactive ketones (excluding diaryl/α,β-unsaturated/α-hetero) is 1. The Morgan fingerprint density at radius 3 is 2.37 bits per heavy atom. The highest BCUT2D eigenvalue weighted by Gasteiger charge is 2.54. The van der Waals surface area contributed by atoms with Crippen molar-refractivity contribution in [3.8, 4) is 5.75 Å². The van der Waals surface area contributed by atoms with Crippen molar-refractivity contribution in [1.29, 1.82) is 0 Å². The monoisotopic (exact) mass is 643 g/mol. The molecule has 1 N–H and O–H groups in total. The molecule has 10 heteroatoms. The van der Waals surface area contributed by atoms with E-state index in [-0.39, 0.29) is 48.6 Å². The molecule has 5 atom stereocenters. The van der Waals surface area contributed by atoms with Gasteiger partial charge in [-0.05, 0) is 83.0 Å². The molecule has 0 radical (unpaired) electrons. The molecule has 46 heavy (non-hydrogen) atoms. The second kappa shape index (κ2) is 14.6. The number of carbonyl (C=O) groups excluding carboxylic acids is 3. The van der Waals surface area contributed by atoms with E-state index in [9.17, 15) is 19.5 Å². The number of aliphatic hydroxyl groups excluding tert-OH is 1. The number of hydrogen-bond acceptors (Lipinski definition) is 8. The van der Waals surface area contributed by atoms with Crippen molar-refractivity contribution < 1.29 is 33.7 Å². The van der Waals surface area contributed by atoms with Gasteiger partial charge in [-0.2, -0.15) is 0 Å². The summed E-state index contributed by atoms with van der Waals surface area (Å²) in [5.74, 6) is -0.193. The lowest BCUT2D eigenvalue weighted by Gasteiger charge is -2.42. The molecule has 258 valence electrons. The quantitative estimate of drug-likeness (QED) is 0.263. The third-order valence-electron chi connectivity index (χ3n) is 9.67. The van der Waals surface area contributed by atoms with Gasteiger partial charge in [-0.25, -0.2) is 9.78 Å². The Morgan fingerprint density at radius 1 is 1.13 bits per heavy atom. The van der Waals surface area contributed by atoms with Crippen LogP contribution in [-0.2, 0) is 19.1 Å². The van der Waals surface area contributed by atoms with Crippen molar-refractivity contribution in [1.82, 2.24) is 9.88 Å². The molecule has 3 fully saturated rings. The summed E-state index contributed by atoms with van der Waals surface area (Å²) in [5, 5.41) is 11.7. The Bertz CT molecular complexity index is 1240. The summed E-state index contributed by atoms with van der Waals surface area (Å²) in [6.45, 7) is 17.2. The van der Waals surface area contributed by atoms with E-state index in [4.69, 9.17) is 14.2 Å². The van der Waals surface area contributed by atoms with Crippen molar-refractivity contribution in [3.63, 3.8) is 0 Å². The molecule has 1 aromatic heterocycles. The zero-order valence-corrected chi connectivity index (χ0v) is 29.5. The number of ether oxygens (including phenoxy) is 3. The van der Waals surface area contributed by atoms with Gasteiger partial charge in [0.1, 0.15) is 23.0 Å². The minimum atomic E-state index is -1.24. The van der Waals surface area contributed by atoms with Crippen LogP contribution in [0.4, 0.5) is 10.6 Å². The van der Waals surface area contributed by atoms with Gasteiger partial charge in [0.25, 0.3) is 0 Å². The average molecular weight is 644 g/mol. The highest BCUT2D eigenvalue weighted by molar-refractivity contribution is 5.97. The average Bonchev–Trinajstić information content (AvgIpc) is 3.91. The fourth-order valence-electron chi connectivity index (χ4n) is 7.15. The predicted octanol–water partition coefficient (Wildman–Crippen LogP) is 5.99. The first-order chi connectivity index (χ1) is 21.6. The predicted molar refractivity (Wildman–Crippen MR) is 177 cm³/mol. The number of methoxy groups -OCH3 is 1. The SMILES string of the molecule is CCOC[C@@]1(CC(C)C)CC1CCC(=O)[C@@H]1CN(C(=O)OC(C)(C)C)C[C@H](C(=O)N(c2cc(OC)c(C(C)C)cn2)C2CC2)[C@@H]1O. The molecule has 1 unspecified atom stereocenters. The van der Waals surface area contributed by atoms with Crippen LogP contribution in [0.5, 0.6) is 5.75 Å². The van der Waals surface area contributed by atoms with Crippen LogP contribution < -0.4 is 9.64 Å². The number of anilines is 1. The van der Waals surface area contributed by atoms with E-state index in [1.807, 2.05) is 6.92 Å². The van der Waals surface area contributed by atoms with Crippen LogP contribution in [0.1, 0.15) is 105 Å². The maximum Gasteiger partial charge on any atom is 0.410 e. The lowest BCUT2D eigenvalue weighted by atomic mass is 9.81. The first-order valence-corrected chi connectivity index (χ1v) is 17.2. The number of aromatic nitrogens is 1. The van der Waals surface area contributed by atoms with Crippen molar-refractivity contribution in [3.05, 3.63) is 17.8 Å². The lowest BCUT2D eigenvalue weighted by Crippen LogP contribution is -2.59. The zero-order chi connectivity index (χ0) is 34.0. The summed E-state index contributed by atoms with van der Waals surface area (Å²) in [6, 6.07) is 1.71. The van der Waals surface area contributed by atoms with E-state index < -0.39 is 29.6 Å². The molecule has 10 nitrogen and oxygen atoms in total. The second-order valence-electron chi connectivity index (χ2n) is 15.5. The van der Waals surface area contributed by atoms with Gasteiger partial charge in [-0.3, -0.25) is 14.5 Å². The van der Waals surface area contributed by atoms with Gasteiger partial charge in [0.2, 0.25) is 5.91 Å². The standard InChI is InChI=1S/C36H57N3O7/c1-10-45-21-36(16-22(2)3)17-24(36)11-14-29(40)27-19-38(34(43)46-35(6,7)8)20-28(32(27)41)33(42)39(25-12-13-25)31-15-30(44-9)26(18-37-31)23(4)5/h15,18,22-25,27-28,32,41H,10-14,16-17,19-21H2,1-9H3/t24?,27-,28-,32+,36+/m0/s1. The van der Waals surface area contributed by atoms with Crippen LogP contribution in [0.25, 0.3) is 0 Å². The van der Waals surface area contributed by atoms with Gasteiger partial charge in [-0.1, -0.05) is 27.7 Å². The molecule has 1 aliphatic heterocycles. The highest BCUT2D eigenvalue weighted by Crippen LogP contribution is 2.59. The molecule has 2 heterocycles. The molecule has 2 saturated carbocycles. The number of amides is 2. The Balaban J connectivity index is 1.57. The van der Waals surface area contributed by atoms with Crippen LogP contribution >= 0.6 is 0 Å². The molecule has 2 aliphatic carbocycles. The molecule has 0 aromatic carbocycles. The minimum Gasteiger partial charge on any atom is -0.496 e. The topological polar surface area (TPSA) is 118 Å². The van der Waals surface area contributed by atoms with E-state index in [1.165, 1.54) is 4.90 Å². The summed E-state index contributed by atoms with van der Waals surface area (Å²) in [4.78, 5) is 49.3. The number of likely N-dealkylation sites (tertiary alicyclic amines) is 1. The Hall–Kier alpha value is -2.72. The van der Waals surface area contributed by atoms with Crippen LogP contribution in [0.3, 0.4) is 0 Å². The molecular weight excluding hydrogens is 586 g/mol. The summed E-state index contributed by atoms with van der Waals surface area (Å²) in [6.07, 6.45) is 4.59. The minimum absolute atomic E-state index is 0.0119. The van der Waals surface area contributed by atoms with Gasteiger partial charge in [0.05, 0.1) is 31.7 Å². The molecule has 1 aromatic rings. The second-order valence-corrected chi connectivity index (χ2v) is 15.5. The van der Waals surface area contributed by atoms with Crippen molar-refractivity contribution >= 4 is 23.6 Å². The number of nitrogens with zero attached hydrogens (tertiary/aromatic N) is 3. The Labute approximate surface area is 275 Å². The lowest BCUT2D eigenvalue weighted by molar-refractivity contribution is -0.139. The number of rotatable bonds is 14. The molecular formula is C36H57N3O7. The highest BCUT2D eigenvalue weighted by atomic mass is 16.6. The fourth-order valence-corrected chi connectivity index (χ4v) is 7.15. The number of hydrogen-bond donors (Lipinski definition) is 1. The van der Waals surface area contributed by atoms with Crippen molar-refractivity contribution in [2.24, 2.45) is 29.1 Å². The first kappa shape index (κ1) is 36.1. The number of pyridine rings is 1. The largest absolute Gasteiger partial charge is 0.496 e. The Morgan fingerprint density at radius 2 is 1.80 bits per heavy atom.